The van der Waals surface area contributed by atoms with Gasteiger partial charge < -0.3 is 10.6 Å². The molecular formula is C11H17N3O. The molecule has 0 fully saturated rings. The maximum Gasteiger partial charge on any atom is 0.239 e. The number of aromatic nitrogens is 1. The third kappa shape index (κ3) is 5.00. The highest BCUT2D eigenvalue weighted by molar-refractivity contribution is 5.80. The van der Waals surface area contributed by atoms with Crippen molar-refractivity contribution in [3.05, 3.63) is 24.4 Å². The fourth-order valence-corrected chi connectivity index (χ4v) is 1.10. The van der Waals surface area contributed by atoms with Crippen LogP contribution >= 0.6 is 0 Å². The number of hydrogen-bond donors (Lipinski definition) is 2. The quantitative estimate of drug-likeness (QED) is 0.788. The number of carbonyl (C=O) groups is 1. The molecule has 0 saturated carbocycles. The molecule has 0 aliphatic carbocycles. The van der Waals surface area contributed by atoms with Gasteiger partial charge in [0.15, 0.2) is 0 Å². The lowest BCUT2D eigenvalue weighted by Gasteiger charge is -2.20. The topological polar surface area (TPSA) is 54.0 Å². The number of pyridine rings is 1. The summed E-state index contributed by atoms with van der Waals surface area (Å²) in [5, 5.41) is 5.80. The molecule has 4 nitrogen and oxygen atoms in total. The number of amides is 1. The van der Waals surface area contributed by atoms with Gasteiger partial charge in [0.05, 0.1) is 6.54 Å². The van der Waals surface area contributed by atoms with Gasteiger partial charge in [-0.2, -0.15) is 0 Å². The zero-order valence-electron chi connectivity index (χ0n) is 9.37. The van der Waals surface area contributed by atoms with Crippen LogP contribution in [0.25, 0.3) is 0 Å². The number of carbonyl (C=O) groups excluding carboxylic acids is 1. The number of hydrogen-bond acceptors (Lipinski definition) is 3. The van der Waals surface area contributed by atoms with Crippen LogP contribution in [0.4, 0.5) is 5.82 Å². The van der Waals surface area contributed by atoms with Gasteiger partial charge in [0.25, 0.3) is 0 Å². The summed E-state index contributed by atoms with van der Waals surface area (Å²) < 4.78 is 0. The van der Waals surface area contributed by atoms with E-state index in [0.717, 1.165) is 0 Å². The number of anilines is 1. The first-order chi connectivity index (χ1) is 6.97. The Labute approximate surface area is 90.1 Å². The van der Waals surface area contributed by atoms with E-state index in [1.807, 2.05) is 39.0 Å². The molecule has 0 radical (unpaired) electrons. The Morgan fingerprint density at radius 2 is 2.13 bits per heavy atom. The molecule has 0 unspecified atom stereocenters. The Hall–Kier alpha value is -1.58. The molecule has 1 rings (SSSR count). The summed E-state index contributed by atoms with van der Waals surface area (Å²) >= 11 is 0. The Bertz CT molecular complexity index is 316. The Kier molecular flexibility index (Phi) is 3.66. The van der Waals surface area contributed by atoms with E-state index < -0.39 is 0 Å². The van der Waals surface area contributed by atoms with E-state index in [0.29, 0.717) is 5.82 Å². The highest BCUT2D eigenvalue weighted by Crippen LogP contribution is 2.00. The van der Waals surface area contributed by atoms with Gasteiger partial charge in [-0.25, -0.2) is 4.98 Å². The van der Waals surface area contributed by atoms with Crippen molar-refractivity contribution in [2.45, 2.75) is 26.3 Å². The fourth-order valence-electron chi connectivity index (χ4n) is 1.10. The molecule has 0 atom stereocenters. The van der Waals surface area contributed by atoms with E-state index in [1.54, 1.807) is 6.20 Å². The van der Waals surface area contributed by atoms with Crippen LogP contribution in [0.3, 0.4) is 0 Å². The zero-order valence-corrected chi connectivity index (χ0v) is 9.37. The van der Waals surface area contributed by atoms with Crippen molar-refractivity contribution in [3.63, 3.8) is 0 Å². The highest BCUT2D eigenvalue weighted by Gasteiger charge is 2.12. The molecular weight excluding hydrogens is 190 g/mol. The van der Waals surface area contributed by atoms with Crippen molar-refractivity contribution in [2.75, 3.05) is 11.9 Å². The van der Waals surface area contributed by atoms with Crippen molar-refractivity contribution >= 4 is 11.7 Å². The van der Waals surface area contributed by atoms with E-state index in [1.165, 1.54) is 0 Å². The first-order valence-electron chi connectivity index (χ1n) is 4.93. The number of rotatable bonds is 3. The molecule has 15 heavy (non-hydrogen) atoms. The lowest BCUT2D eigenvalue weighted by molar-refractivity contribution is -0.120. The third-order valence-corrected chi connectivity index (χ3v) is 1.61. The summed E-state index contributed by atoms with van der Waals surface area (Å²) in [6.45, 7) is 6.09. The average molecular weight is 207 g/mol. The maximum atomic E-state index is 11.4. The minimum atomic E-state index is -0.192. The van der Waals surface area contributed by atoms with Crippen LogP contribution in [0.2, 0.25) is 0 Å². The van der Waals surface area contributed by atoms with E-state index in [-0.39, 0.29) is 18.0 Å². The van der Waals surface area contributed by atoms with Crippen LogP contribution < -0.4 is 10.6 Å². The van der Waals surface area contributed by atoms with Gasteiger partial charge in [0, 0.05) is 11.7 Å². The number of nitrogens with one attached hydrogen (secondary N) is 2. The lowest BCUT2D eigenvalue weighted by atomic mass is 10.1. The van der Waals surface area contributed by atoms with Crippen molar-refractivity contribution in [1.82, 2.24) is 10.3 Å². The van der Waals surface area contributed by atoms with Gasteiger partial charge in [-0.15, -0.1) is 0 Å². The highest BCUT2D eigenvalue weighted by atomic mass is 16.2. The normalized spacial score (nSPS) is 10.9. The largest absolute Gasteiger partial charge is 0.361 e. The lowest BCUT2D eigenvalue weighted by Crippen LogP contribution is -2.43. The molecule has 2 N–H and O–H groups in total. The van der Waals surface area contributed by atoms with Crippen molar-refractivity contribution in [2.24, 2.45) is 0 Å². The molecule has 1 heterocycles. The molecule has 0 bridgehead atoms. The zero-order chi connectivity index (χ0) is 11.3. The first-order valence-corrected chi connectivity index (χ1v) is 4.93. The predicted molar refractivity (Wildman–Crippen MR) is 60.6 cm³/mol. The minimum Gasteiger partial charge on any atom is -0.361 e. The van der Waals surface area contributed by atoms with E-state index in [2.05, 4.69) is 15.6 Å². The SMILES string of the molecule is CC(C)(C)NC(=O)CNc1ccccn1. The van der Waals surface area contributed by atoms with Gasteiger partial charge in [-0.3, -0.25) is 4.79 Å². The standard InChI is InChI=1S/C11H17N3O/c1-11(2,3)14-10(15)8-13-9-6-4-5-7-12-9/h4-7H,8H2,1-3H3,(H,12,13)(H,14,15). The molecule has 1 aromatic rings. The van der Waals surface area contributed by atoms with Crippen molar-refractivity contribution < 1.29 is 4.79 Å². The minimum absolute atomic E-state index is 0.0341. The van der Waals surface area contributed by atoms with Gasteiger partial charge in [0.2, 0.25) is 5.91 Å². The molecule has 0 aromatic carbocycles. The summed E-state index contributed by atoms with van der Waals surface area (Å²) in [5.74, 6) is 0.676. The predicted octanol–water partition coefficient (Wildman–Crippen LogP) is 1.41. The maximum absolute atomic E-state index is 11.4. The summed E-state index contributed by atoms with van der Waals surface area (Å²) in [6, 6.07) is 5.53. The Morgan fingerprint density at radius 3 is 2.67 bits per heavy atom. The Balaban J connectivity index is 2.35. The molecule has 0 aliphatic rings. The average Bonchev–Trinajstić information content (AvgIpc) is 2.14. The van der Waals surface area contributed by atoms with Gasteiger partial charge in [-0.05, 0) is 32.9 Å². The molecule has 1 amide bonds. The smallest absolute Gasteiger partial charge is 0.239 e. The van der Waals surface area contributed by atoms with Crippen LogP contribution in [-0.2, 0) is 4.79 Å². The second kappa shape index (κ2) is 4.77. The summed E-state index contributed by atoms with van der Waals surface area (Å²) in [5.41, 5.74) is -0.192. The Morgan fingerprint density at radius 1 is 1.40 bits per heavy atom. The molecule has 0 aliphatic heterocycles. The van der Waals surface area contributed by atoms with Gasteiger partial charge in [-0.1, -0.05) is 6.07 Å². The summed E-state index contributed by atoms with van der Waals surface area (Å²) in [6.07, 6.45) is 1.68. The van der Waals surface area contributed by atoms with Crippen molar-refractivity contribution in [1.29, 1.82) is 0 Å². The van der Waals surface area contributed by atoms with E-state index >= 15 is 0 Å². The van der Waals surface area contributed by atoms with Crippen LogP contribution in [0, 0.1) is 0 Å². The molecule has 0 spiro atoms. The first kappa shape index (κ1) is 11.5. The second-order valence-corrected chi connectivity index (χ2v) is 4.37. The second-order valence-electron chi connectivity index (χ2n) is 4.37. The summed E-state index contributed by atoms with van der Waals surface area (Å²) in [7, 11) is 0. The summed E-state index contributed by atoms with van der Waals surface area (Å²) in [4.78, 5) is 15.5. The molecule has 0 saturated heterocycles. The monoisotopic (exact) mass is 207 g/mol. The van der Waals surface area contributed by atoms with Crippen molar-refractivity contribution in [3.8, 4) is 0 Å². The van der Waals surface area contributed by atoms with E-state index in [4.69, 9.17) is 0 Å². The van der Waals surface area contributed by atoms with Crippen LogP contribution in [0.15, 0.2) is 24.4 Å². The van der Waals surface area contributed by atoms with Crippen LogP contribution in [0.5, 0.6) is 0 Å². The van der Waals surface area contributed by atoms with Crippen LogP contribution in [0.1, 0.15) is 20.8 Å². The molecule has 4 heteroatoms. The van der Waals surface area contributed by atoms with Gasteiger partial charge >= 0.3 is 0 Å². The third-order valence-electron chi connectivity index (χ3n) is 1.61. The van der Waals surface area contributed by atoms with E-state index in [9.17, 15) is 4.79 Å². The fraction of sp³-hybridized carbons (Fsp3) is 0.455. The van der Waals surface area contributed by atoms with Crippen LogP contribution in [-0.4, -0.2) is 23.0 Å². The number of nitrogens with zero attached hydrogens (tertiary/aromatic N) is 1. The molecule has 82 valence electrons. The molecule has 1 aromatic heterocycles. The van der Waals surface area contributed by atoms with Gasteiger partial charge in [0.1, 0.15) is 5.82 Å².